The Bertz CT molecular complexity index is 1860. The third kappa shape index (κ3) is 6.02. The van der Waals surface area contributed by atoms with Gasteiger partial charge in [-0.25, -0.2) is 14.5 Å². The minimum Gasteiger partial charge on any atom is -0.462 e. The summed E-state index contributed by atoms with van der Waals surface area (Å²) in [7, 11) is 1.78. The van der Waals surface area contributed by atoms with Gasteiger partial charge in [-0.15, -0.1) is 0 Å². The molecule has 1 fully saturated rings. The summed E-state index contributed by atoms with van der Waals surface area (Å²) in [5, 5.41) is 11.4. The minimum atomic E-state index is -0.399. The van der Waals surface area contributed by atoms with Crippen molar-refractivity contribution in [2.75, 3.05) is 37.4 Å². The van der Waals surface area contributed by atoms with Gasteiger partial charge in [-0.2, -0.15) is 5.10 Å². The topological polar surface area (TPSA) is 101 Å². The number of anilines is 2. The number of rotatable bonds is 10. The number of nitrogens with zero attached hydrogens (tertiary/aromatic N) is 4. The van der Waals surface area contributed by atoms with Crippen LogP contribution in [0, 0.1) is 5.92 Å². The van der Waals surface area contributed by atoms with Crippen LogP contribution in [0.2, 0.25) is 0 Å². The number of pyridine rings is 1. The largest absolute Gasteiger partial charge is 0.462 e. The van der Waals surface area contributed by atoms with Crippen LogP contribution in [-0.4, -0.2) is 58.3 Å². The van der Waals surface area contributed by atoms with Crippen LogP contribution in [-0.2, 0) is 22.4 Å². The molecule has 1 aliphatic heterocycles. The number of fused-ring (bicyclic) bond motifs is 1. The third-order valence-electron chi connectivity index (χ3n) is 9.57. The quantitative estimate of drug-likeness (QED) is 0.185. The van der Waals surface area contributed by atoms with E-state index < -0.39 is 5.97 Å². The SMILES string of the molecule is CCOC(=O)c1cnn(-c2cccc(-c3cccc4c3C(Nc3ccc(C5=CCN(C(=O)C6CC6)CC5)c(CC)n3)CC4)c2)c1NC. The number of hydrogen-bond acceptors (Lipinski definition) is 7. The monoisotopic (exact) mass is 630 g/mol. The van der Waals surface area contributed by atoms with Gasteiger partial charge in [0.25, 0.3) is 0 Å². The van der Waals surface area contributed by atoms with Crippen LogP contribution in [0.25, 0.3) is 22.4 Å². The van der Waals surface area contributed by atoms with Gasteiger partial charge < -0.3 is 20.3 Å². The fourth-order valence-corrected chi connectivity index (χ4v) is 7.06. The van der Waals surface area contributed by atoms with E-state index in [-0.39, 0.29) is 12.0 Å². The average molecular weight is 631 g/mol. The number of hydrogen-bond donors (Lipinski definition) is 2. The van der Waals surface area contributed by atoms with Crippen molar-refractivity contribution in [3.63, 3.8) is 0 Å². The Morgan fingerprint density at radius 1 is 1.00 bits per heavy atom. The highest BCUT2D eigenvalue weighted by Crippen LogP contribution is 2.41. The molecular weight excluding hydrogens is 588 g/mol. The Balaban J connectivity index is 1.14. The summed E-state index contributed by atoms with van der Waals surface area (Å²) in [4.78, 5) is 32.2. The summed E-state index contributed by atoms with van der Waals surface area (Å²) in [5.74, 6) is 1.67. The highest BCUT2D eigenvalue weighted by Gasteiger charge is 2.34. The molecule has 9 heteroatoms. The van der Waals surface area contributed by atoms with E-state index in [4.69, 9.17) is 9.72 Å². The molecule has 2 aliphatic carbocycles. The van der Waals surface area contributed by atoms with E-state index >= 15 is 0 Å². The summed E-state index contributed by atoms with van der Waals surface area (Å²) in [5.41, 5.74) is 9.73. The van der Waals surface area contributed by atoms with Crippen LogP contribution >= 0.6 is 0 Å². The lowest BCUT2D eigenvalue weighted by Gasteiger charge is -2.27. The van der Waals surface area contributed by atoms with Crippen molar-refractivity contribution in [2.24, 2.45) is 5.92 Å². The molecule has 7 rings (SSSR count). The van der Waals surface area contributed by atoms with E-state index in [0.29, 0.717) is 30.4 Å². The molecule has 2 aromatic carbocycles. The van der Waals surface area contributed by atoms with Crippen molar-refractivity contribution in [3.05, 3.63) is 94.8 Å². The Hall–Kier alpha value is -4.92. The molecule has 3 aliphatic rings. The molecule has 242 valence electrons. The summed E-state index contributed by atoms with van der Waals surface area (Å²) < 4.78 is 6.98. The maximum Gasteiger partial charge on any atom is 0.343 e. The number of esters is 1. The Labute approximate surface area is 276 Å². The summed E-state index contributed by atoms with van der Waals surface area (Å²) in [6.45, 7) is 5.74. The lowest BCUT2D eigenvalue weighted by molar-refractivity contribution is -0.132. The predicted octanol–water partition coefficient (Wildman–Crippen LogP) is 6.84. The van der Waals surface area contributed by atoms with E-state index in [1.807, 2.05) is 17.0 Å². The molecule has 0 saturated heterocycles. The Morgan fingerprint density at radius 2 is 1.85 bits per heavy atom. The van der Waals surface area contributed by atoms with Crippen LogP contribution in [0.4, 0.5) is 11.6 Å². The van der Waals surface area contributed by atoms with Gasteiger partial charge in [-0.1, -0.05) is 43.3 Å². The molecule has 1 amide bonds. The van der Waals surface area contributed by atoms with Crippen molar-refractivity contribution in [1.82, 2.24) is 19.7 Å². The van der Waals surface area contributed by atoms with Crippen molar-refractivity contribution in [3.8, 4) is 16.8 Å². The van der Waals surface area contributed by atoms with E-state index in [1.165, 1.54) is 27.8 Å². The summed E-state index contributed by atoms with van der Waals surface area (Å²) in [6.07, 6.45) is 9.56. The first kappa shape index (κ1) is 30.7. The van der Waals surface area contributed by atoms with Crippen LogP contribution in [0.5, 0.6) is 0 Å². The van der Waals surface area contributed by atoms with Gasteiger partial charge in [-0.3, -0.25) is 4.79 Å². The van der Waals surface area contributed by atoms with Crippen molar-refractivity contribution >= 4 is 29.1 Å². The molecule has 1 unspecified atom stereocenters. The van der Waals surface area contributed by atoms with E-state index in [1.54, 1.807) is 24.9 Å². The van der Waals surface area contributed by atoms with Gasteiger partial charge in [0.1, 0.15) is 17.2 Å². The molecule has 4 aromatic rings. The number of aryl methyl sites for hydroxylation is 2. The van der Waals surface area contributed by atoms with E-state index in [2.05, 4.69) is 71.2 Å². The normalized spacial score (nSPS) is 17.2. The van der Waals surface area contributed by atoms with Crippen LogP contribution in [0.3, 0.4) is 0 Å². The van der Waals surface area contributed by atoms with Gasteiger partial charge >= 0.3 is 5.97 Å². The highest BCUT2D eigenvalue weighted by molar-refractivity contribution is 5.95. The lowest BCUT2D eigenvalue weighted by Crippen LogP contribution is -2.35. The lowest BCUT2D eigenvalue weighted by atomic mass is 9.94. The maximum atomic E-state index is 12.5. The standard InChI is InChI=1S/C38H42N6O3/c1-4-32-29(24-18-20-43(21-19-24)37(45)26-12-13-26)15-17-34(41-32)42-33-16-14-25-8-7-11-30(35(25)33)27-9-6-10-28(22-27)44-36(39-3)31(23-40-44)38(46)47-5-2/h6-11,15,17-18,22-23,26,33,39H,4-5,12-14,16,19-21H2,1-3H3,(H,41,42). The van der Waals surface area contributed by atoms with Gasteiger partial charge in [-0.05, 0) is 103 Å². The van der Waals surface area contributed by atoms with Crippen LogP contribution in [0.1, 0.15) is 78.3 Å². The van der Waals surface area contributed by atoms with Gasteiger partial charge in [0.15, 0.2) is 0 Å². The Morgan fingerprint density at radius 3 is 2.60 bits per heavy atom. The molecule has 3 heterocycles. The zero-order valence-corrected chi connectivity index (χ0v) is 27.4. The zero-order chi connectivity index (χ0) is 32.5. The minimum absolute atomic E-state index is 0.122. The molecule has 2 aromatic heterocycles. The molecular formula is C38H42N6O3. The summed E-state index contributed by atoms with van der Waals surface area (Å²) >= 11 is 0. The van der Waals surface area contributed by atoms with Gasteiger partial charge in [0.05, 0.1) is 30.2 Å². The van der Waals surface area contributed by atoms with Gasteiger partial charge in [0.2, 0.25) is 5.91 Å². The third-order valence-corrected chi connectivity index (χ3v) is 9.57. The number of amides is 1. The zero-order valence-electron chi connectivity index (χ0n) is 27.4. The number of nitrogens with one attached hydrogen (secondary N) is 2. The second-order valence-electron chi connectivity index (χ2n) is 12.5. The molecule has 0 bridgehead atoms. The molecule has 0 radical (unpaired) electrons. The Kier molecular flexibility index (Phi) is 8.54. The van der Waals surface area contributed by atoms with Crippen LogP contribution < -0.4 is 10.6 Å². The smallest absolute Gasteiger partial charge is 0.343 e. The second kappa shape index (κ2) is 13.1. The molecule has 0 spiro atoms. The molecule has 47 heavy (non-hydrogen) atoms. The molecule has 9 nitrogen and oxygen atoms in total. The predicted molar refractivity (Wildman–Crippen MR) is 185 cm³/mol. The van der Waals surface area contributed by atoms with Crippen LogP contribution in [0.15, 0.2) is 66.9 Å². The molecule has 1 saturated carbocycles. The fraction of sp³-hybridized carbons (Fsp3) is 0.368. The summed E-state index contributed by atoms with van der Waals surface area (Å²) in [6, 6.07) is 19.2. The second-order valence-corrected chi connectivity index (χ2v) is 12.5. The highest BCUT2D eigenvalue weighted by atomic mass is 16.5. The first-order valence-corrected chi connectivity index (χ1v) is 16.9. The molecule has 1 atom stereocenters. The molecule has 2 N–H and O–H groups in total. The van der Waals surface area contributed by atoms with Crippen molar-refractivity contribution in [2.45, 2.75) is 58.4 Å². The van der Waals surface area contributed by atoms with E-state index in [9.17, 15) is 9.59 Å². The first-order chi connectivity index (χ1) is 23.0. The number of aromatic nitrogens is 3. The van der Waals surface area contributed by atoms with Gasteiger partial charge in [0, 0.05) is 26.1 Å². The average Bonchev–Trinajstić information content (AvgIpc) is 3.74. The maximum absolute atomic E-state index is 12.5. The van der Waals surface area contributed by atoms with Crippen molar-refractivity contribution in [1.29, 1.82) is 0 Å². The first-order valence-electron chi connectivity index (χ1n) is 16.9. The van der Waals surface area contributed by atoms with Crippen molar-refractivity contribution < 1.29 is 14.3 Å². The van der Waals surface area contributed by atoms with E-state index in [0.717, 1.165) is 67.8 Å². The number of carbonyl (C=O) groups excluding carboxylic acids is 2. The number of carbonyl (C=O) groups is 2. The number of ether oxygens (including phenoxy) is 1. The number of benzene rings is 2. The fourth-order valence-electron chi connectivity index (χ4n) is 7.06.